The minimum Gasteiger partial charge on any atom is -0.384 e. The van der Waals surface area contributed by atoms with E-state index in [1.807, 2.05) is 18.2 Å². The lowest BCUT2D eigenvalue weighted by Gasteiger charge is -2.08. The quantitative estimate of drug-likeness (QED) is 0.375. The predicted molar refractivity (Wildman–Crippen MR) is 99.5 cm³/mol. The molecule has 1 rings (SSSR count). The Bertz CT molecular complexity index is 381. The van der Waals surface area contributed by atoms with Crippen molar-refractivity contribution in [3.8, 4) is 0 Å². The van der Waals surface area contributed by atoms with Gasteiger partial charge in [-0.2, -0.15) is 0 Å². The van der Waals surface area contributed by atoms with Gasteiger partial charge in [0, 0.05) is 21.7 Å². The van der Waals surface area contributed by atoms with Gasteiger partial charge in [0.2, 0.25) is 0 Å². The molecule has 0 saturated carbocycles. The first kappa shape index (κ1) is 18.8. The third-order valence-corrected chi connectivity index (χ3v) is 4.67. The second-order valence-electron chi connectivity index (χ2n) is 5.73. The Morgan fingerprint density at radius 3 is 2.05 bits per heavy atom. The normalized spacial score (nSPS) is 10.8. The smallest absolute Gasteiger partial charge is 0.0485 e. The van der Waals surface area contributed by atoms with Gasteiger partial charge in [0.25, 0.3) is 0 Å². The van der Waals surface area contributed by atoms with E-state index >= 15 is 0 Å². The SMILES string of the molecule is CCCCCCCCCCCCNc1ccc(Cl)cc1Br. The number of benzene rings is 1. The minimum absolute atomic E-state index is 0.770. The molecule has 0 aliphatic carbocycles. The largest absolute Gasteiger partial charge is 0.384 e. The van der Waals surface area contributed by atoms with E-state index in [1.165, 1.54) is 64.2 Å². The summed E-state index contributed by atoms with van der Waals surface area (Å²) in [6.07, 6.45) is 13.8. The van der Waals surface area contributed by atoms with Crippen molar-refractivity contribution in [3.63, 3.8) is 0 Å². The first-order chi connectivity index (χ1) is 10.2. The molecule has 1 N–H and O–H groups in total. The molecule has 0 spiro atoms. The molecule has 0 bridgehead atoms. The average molecular weight is 375 g/mol. The van der Waals surface area contributed by atoms with Crippen molar-refractivity contribution in [1.82, 2.24) is 0 Å². The van der Waals surface area contributed by atoms with Crippen LogP contribution in [-0.4, -0.2) is 6.54 Å². The highest BCUT2D eigenvalue weighted by molar-refractivity contribution is 9.10. The lowest BCUT2D eigenvalue weighted by Crippen LogP contribution is -2.01. The molecule has 1 nitrogen and oxygen atoms in total. The van der Waals surface area contributed by atoms with Crippen LogP contribution in [0.2, 0.25) is 5.02 Å². The zero-order chi connectivity index (χ0) is 15.3. The summed E-state index contributed by atoms with van der Waals surface area (Å²) in [6.45, 7) is 3.31. The highest BCUT2D eigenvalue weighted by atomic mass is 79.9. The van der Waals surface area contributed by atoms with Crippen molar-refractivity contribution in [2.75, 3.05) is 11.9 Å². The molecule has 21 heavy (non-hydrogen) atoms. The van der Waals surface area contributed by atoms with Crippen LogP contribution in [0.5, 0.6) is 0 Å². The summed E-state index contributed by atoms with van der Waals surface area (Å²) in [4.78, 5) is 0. The van der Waals surface area contributed by atoms with Gasteiger partial charge < -0.3 is 5.32 Å². The third kappa shape index (κ3) is 9.42. The van der Waals surface area contributed by atoms with Crippen LogP contribution in [0.1, 0.15) is 71.1 Å². The molecule has 0 radical (unpaired) electrons. The van der Waals surface area contributed by atoms with Gasteiger partial charge in [-0.15, -0.1) is 0 Å². The second-order valence-corrected chi connectivity index (χ2v) is 7.02. The first-order valence-electron chi connectivity index (χ1n) is 8.43. The van der Waals surface area contributed by atoms with Gasteiger partial charge in [0.15, 0.2) is 0 Å². The van der Waals surface area contributed by atoms with Crippen LogP contribution in [0.25, 0.3) is 0 Å². The molecular formula is C18H29BrClN. The predicted octanol–water partition coefficient (Wildman–Crippen LogP) is 7.44. The van der Waals surface area contributed by atoms with E-state index in [4.69, 9.17) is 11.6 Å². The zero-order valence-electron chi connectivity index (χ0n) is 13.3. The van der Waals surface area contributed by atoms with Crippen molar-refractivity contribution in [2.24, 2.45) is 0 Å². The van der Waals surface area contributed by atoms with Crippen molar-refractivity contribution < 1.29 is 0 Å². The van der Waals surface area contributed by atoms with Crippen molar-refractivity contribution in [2.45, 2.75) is 71.1 Å². The van der Waals surface area contributed by atoms with Crippen LogP contribution in [0, 0.1) is 0 Å². The van der Waals surface area contributed by atoms with Gasteiger partial charge in [-0.05, 0) is 40.5 Å². The number of halogens is 2. The maximum atomic E-state index is 5.93. The van der Waals surface area contributed by atoms with E-state index in [-0.39, 0.29) is 0 Å². The molecular weight excluding hydrogens is 346 g/mol. The lowest BCUT2D eigenvalue weighted by molar-refractivity contribution is 0.560. The number of unbranched alkanes of at least 4 members (excludes halogenated alkanes) is 9. The molecule has 0 atom stereocenters. The van der Waals surface area contributed by atoms with Crippen LogP contribution in [0.15, 0.2) is 22.7 Å². The summed E-state index contributed by atoms with van der Waals surface area (Å²) in [5.41, 5.74) is 1.13. The van der Waals surface area contributed by atoms with Gasteiger partial charge in [-0.25, -0.2) is 0 Å². The van der Waals surface area contributed by atoms with E-state index < -0.39 is 0 Å². The number of hydrogen-bond donors (Lipinski definition) is 1. The minimum atomic E-state index is 0.770. The van der Waals surface area contributed by atoms with Crippen LogP contribution in [0.4, 0.5) is 5.69 Å². The number of anilines is 1. The number of hydrogen-bond acceptors (Lipinski definition) is 1. The summed E-state index contributed by atoms with van der Waals surface area (Å²) in [7, 11) is 0. The Kier molecular flexibility index (Phi) is 11.1. The standard InChI is InChI=1S/C18H29BrClN/c1-2-3-4-5-6-7-8-9-10-11-14-21-18-13-12-16(20)15-17(18)19/h12-13,15,21H,2-11,14H2,1H3. The summed E-state index contributed by atoms with van der Waals surface area (Å²) in [5, 5.41) is 4.23. The van der Waals surface area contributed by atoms with Gasteiger partial charge in [0.1, 0.15) is 0 Å². The number of rotatable bonds is 12. The Labute approximate surface area is 144 Å². The van der Waals surface area contributed by atoms with Crippen LogP contribution in [0.3, 0.4) is 0 Å². The van der Waals surface area contributed by atoms with Crippen LogP contribution >= 0.6 is 27.5 Å². The summed E-state index contributed by atoms with van der Waals surface area (Å²) < 4.78 is 1.04. The topological polar surface area (TPSA) is 12.0 Å². The molecule has 3 heteroatoms. The molecule has 0 unspecified atom stereocenters. The van der Waals surface area contributed by atoms with Crippen LogP contribution in [-0.2, 0) is 0 Å². The highest BCUT2D eigenvalue weighted by Gasteiger charge is 1.99. The molecule has 0 heterocycles. The van der Waals surface area contributed by atoms with Crippen molar-refractivity contribution >= 4 is 33.2 Å². The molecule has 120 valence electrons. The molecule has 0 saturated heterocycles. The highest BCUT2D eigenvalue weighted by Crippen LogP contribution is 2.25. The zero-order valence-corrected chi connectivity index (χ0v) is 15.6. The Hall–Kier alpha value is -0.210. The van der Waals surface area contributed by atoms with E-state index in [9.17, 15) is 0 Å². The van der Waals surface area contributed by atoms with Gasteiger partial charge >= 0.3 is 0 Å². The fraction of sp³-hybridized carbons (Fsp3) is 0.667. The van der Waals surface area contributed by atoms with E-state index in [1.54, 1.807) is 0 Å². The molecule has 0 aromatic heterocycles. The fourth-order valence-corrected chi connectivity index (χ4v) is 3.29. The van der Waals surface area contributed by atoms with Crippen molar-refractivity contribution in [3.05, 3.63) is 27.7 Å². The summed E-state index contributed by atoms with van der Waals surface area (Å²) >= 11 is 9.46. The third-order valence-electron chi connectivity index (χ3n) is 3.78. The Balaban J connectivity index is 1.93. The maximum Gasteiger partial charge on any atom is 0.0485 e. The van der Waals surface area contributed by atoms with Gasteiger partial charge in [-0.1, -0.05) is 76.3 Å². The van der Waals surface area contributed by atoms with Crippen LogP contribution < -0.4 is 5.32 Å². The first-order valence-corrected chi connectivity index (χ1v) is 9.60. The number of nitrogens with one attached hydrogen (secondary N) is 1. The molecule has 1 aromatic rings. The second kappa shape index (κ2) is 12.3. The molecule has 1 aromatic carbocycles. The maximum absolute atomic E-state index is 5.93. The van der Waals surface area contributed by atoms with Gasteiger partial charge in [-0.3, -0.25) is 0 Å². The van der Waals surface area contributed by atoms with E-state index in [0.717, 1.165) is 21.7 Å². The Morgan fingerprint density at radius 2 is 1.48 bits per heavy atom. The fourth-order valence-electron chi connectivity index (χ4n) is 2.47. The molecule has 0 amide bonds. The van der Waals surface area contributed by atoms with Crippen molar-refractivity contribution in [1.29, 1.82) is 0 Å². The lowest BCUT2D eigenvalue weighted by atomic mass is 10.1. The molecule has 0 aliphatic rings. The Morgan fingerprint density at radius 1 is 0.905 bits per heavy atom. The van der Waals surface area contributed by atoms with E-state index in [2.05, 4.69) is 28.2 Å². The summed E-state index contributed by atoms with van der Waals surface area (Å²) in [5.74, 6) is 0. The van der Waals surface area contributed by atoms with Gasteiger partial charge in [0.05, 0.1) is 0 Å². The molecule has 0 fully saturated rings. The monoisotopic (exact) mass is 373 g/mol. The van der Waals surface area contributed by atoms with E-state index in [0.29, 0.717) is 0 Å². The summed E-state index contributed by atoms with van der Waals surface area (Å²) in [6, 6.07) is 5.89. The average Bonchev–Trinajstić information content (AvgIpc) is 2.46. The molecule has 0 aliphatic heterocycles.